The number of carbonyl (C=O) groups excluding carboxylic acids is 1. The van der Waals surface area contributed by atoms with Crippen LogP contribution >= 0.6 is 11.6 Å². The predicted octanol–water partition coefficient (Wildman–Crippen LogP) is 3.78. The van der Waals surface area contributed by atoms with Gasteiger partial charge in [0.2, 0.25) is 6.08 Å². The number of isocyanates is 1. The van der Waals surface area contributed by atoms with E-state index in [1.807, 2.05) is 0 Å². The van der Waals surface area contributed by atoms with Gasteiger partial charge in [-0.05, 0) is 31.4 Å². The Morgan fingerprint density at radius 1 is 1.37 bits per heavy atom. The Bertz CT molecular complexity index is 538. The number of aromatic hydroxyl groups is 1. The zero-order valence-electron chi connectivity index (χ0n) is 9.59. The summed E-state index contributed by atoms with van der Waals surface area (Å²) in [6.07, 6.45) is -1.56. The molecule has 1 aromatic carbocycles. The van der Waals surface area contributed by atoms with E-state index in [4.69, 9.17) is 11.6 Å². The Balaban J connectivity index is 2.57. The summed E-state index contributed by atoms with van der Waals surface area (Å²) in [7, 11) is 0. The second-order valence-corrected chi connectivity index (χ2v) is 4.85. The summed E-state index contributed by atoms with van der Waals surface area (Å²) < 4.78 is 37.7. The SMILES string of the molecule is O=C=NC1(c2c(O)cc(C(F)(F)F)cc2Cl)CCC1. The van der Waals surface area contributed by atoms with Crippen molar-refractivity contribution in [1.82, 2.24) is 0 Å². The second kappa shape index (κ2) is 4.54. The van der Waals surface area contributed by atoms with Crippen molar-refractivity contribution in [2.24, 2.45) is 4.99 Å². The topological polar surface area (TPSA) is 49.7 Å². The van der Waals surface area contributed by atoms with Crippen LogP contribution < -0.4 is 0 Å². The van der Waals surface area contributed by atoms with Gasteiger partial charge in [-0.2, -0.15) is 18.2 Å². The highest BCUT2D eigenvalue weighted by atomic mass is 35.5. The molecule has 0 heterocycles. The molecule has 0 atom stereocenters. The first-order valence-electron chi connectivity index (χ1n) is 5.49. The molecule has 19 heavy (non-hydrogen) atoms. The molecule has 2 rings (SSSR count). The number of phenols is 1. The van der Waals surface area contributed by atoms with Gasteiger partial charge in [0.05, 0.1) is 10.6 Å². The van der Waals surface area contributed by atoms with Gasteiger partial charge in [-0.15, -0.1) is 0 Å². The van der Waals surface area contributed by atoms with Gasteiger partial charge in [0, 0.05) is 5.56 Å². The van der Waals surface area contributed by atoms with Crippen LogP contribution in [0.5, 0.6) is 5.75 Å². The van der Waals surface area contributed by atoms with E-state index in [1.54, 1.807) is 0 Å². The number of hydrogen-bond donors (Lipinski definition) is 1. The Hall–Kier alpha value is -1.52. The number of rotatable bonds is 2. The Morgan fingerprint density at radius 3 is 2.37 bits per heavy atom. The van der Waals surface area contributed by atoms with Crippen molar-refractivity contribution < 1.29 is 23.1 Å². The lowest BCUT2D eigenvalue weighted by atomic mass is 9.72. The molecule has 0 aromatic heterocycles. The van der Waals surface area contributed by atoms with Crippen molar-refractivity contribution in [3.8, 4) is 5.75 Å². The first kappa shape index (κ1) is 13.9. The van der Waals surface area contributed by atoms with Gasteiger partial charge in [-0.1, -0.05) is 11.6 Å². The Kier molecular flexibility index (Phi) is 3.32. The monoisotopic (exact) mass is 291 g/mol. The lowest BCUT2D eigenvalue weighted by molar-refractivity contribution is -0.137. The summed E-state index contributed by atoms with van der Waals surface area (Å²) in [6, 6.07) is 1.33. The van der Waals surface area contributed by atoms with E-state index in [1.165, 1.54) is 6.08 Å². The van der Waals surface area contributed by atoms with E-state index in [0.717, 1.165) is 12.5 Å². The normalized spacial score (nSPS) is 17.5. The molecule has 3 nitrogen and oxygen atoms in total. The minimum absolute atomic E-state index is 0.0665. The average molecular weight is 292 g/mol. The average Bonchev–Trinajstić information content (AvgIpc) is 2.23. The van der Waals surface area contributed by atoms with Crippen LogP contribution in [0.15, 0.2) is 17.1 Å². The highest BCUT2D eigenvalue weighted by molar-refractivity contribution is 6.31. The van der Waals surface area contributed by atoms with Crippen LogP contribution in [0.1, 0.15) is 30.4 Å². The Labute approximate surface area is 111 Å². The minimum atomic E-state index is -4.60. The second-order valence-electron chi connectivity index (χ2n) is 4.44. The van der Waals surface area contributed by atoms with Crippen molar-refractivity contribution in [3.05, 3.63) is 28.3 Å². The number of alkyl halides is 3. The first-order chi connectivity index (χ1) is 8.80. The molecular weight excluding hydrogens is 283 g/mol. The first-order valence-corrected chi connectivity index (χ1v) is 5.87. The molecule has 1 aromatic rings. The van der Waals surface area contributed by atoms with E-state index in [-0.39, 0.29) is 10.6 Å². The van der Waals surface area contributed by atoms with Crippen LogP contribution in [-0.2, 0) is 16.5 Å². The predicted molar refractivity (Wildman–Crippen MR) is 61.8 cm³/mol. The fraction of sp³-hybridized carbons (Fsp3) is 0.417. The third-order valence-electron chi connectivity index (χ3n) is 3.30. The molecule has 0 amide bonds. The van der Waals surface area contributed by atoms with Gasteiger partial charge in [0.25, 0.3) is 0 Å². The maximum Gasteiger partial charge on any atom is 0.416 e. The molecular formula is C12H9ClF3NO2. The minimum Gasteiger partial charge on any atom is -0.508 e. The van der Waals surface area contributed by atoms with Crippen LogP contribution in [0, 0.1) is 0 Å². The zero-order chi connectivity index (χ0) is 14.3. The van der Waals surface area contributed by atoms with Crippen molar-refractivity contribution in [1.29, 1.82) is 0 Å². The Morgan fingerprint density at radius 2 is 2.00 bits per heavy atom. The van der Waals surface area contributed by atoms with E-state index >= 15 is 0 Å². The fourth-order valence-electron chi connectivity index (χ4n) is 2.23. The summed E-state index contributed by atoms with van der Waals surface area (Å²) in [5.74, 6) is -0.599. The molecule has 0 saturated heterocycles. The largest absolute Gasteiger partial charge is 0.508 e. The molecule has 1 aliphatic carbocycles. The summed E-state index contributed by atoms with van der Waals surface area (Å²) in [5.41, 5.74) is -2.01. The molecule has 7 heteroatoms. The van der Waals surface area contributed by atoms with Crippen LogP contribution in [0.2, 0.25) is 5.02 Å². The highest BCUT2D eigenvalue weighted by Crippen LogP contribution is 2.51. The molecule has 102 valence electrons. The molecule has 1 fully saturated rings. The highest BCUT2D eigenvalue weighted by Gasteiger charge is 2.43. The van der Waals surface area contributed by atoms with Crippen LogP contribution in [0.25, 0.3) is 0 Å². The third kappa shape index (κ3) is 2.33. The van der Waals surface area contributed by atoms with E-state index < -0.39 is 23.0 Å². The van der Waals surface area contributed by atoms with Crippen molar-refractivity contribution >= 4 is 17.7 Å². The number of phenolic OH excluding ortho intramolecular Hbond substituents is 1. The van der Waals surface area contributed by atoms with Crippen LogP contribution in [0.3, 0.4) is 0 Å². The molecule has 0 spiro atoms. The van der Waals surface area contributed by atoms with Crippen molar-refractivity contribution in [2.45, 2.75) is 31.0 Å². The maximum absolute atomic E-state index is 12.6. The summed E-state index contributed by atoms with van der Waals surface area (Å²) in [4.78, 5) is 14.1. The van der Waals surface area contributed by atoms with E-state index in [2.05, 4.69) is 4.99 Å². The van der Waals surface area contributed by atoms with Crippen LogP contribution in [-0.4, -0.2) is 11.2 Å². The lowest BCUT2D eigenvalue weighted by Crippen LogP contribution is -2.32. The van der Waals surface area contributed by atoms with E-state index in [0.29, 0.717) is 18.9 Å². The number of halogens is 4. The van der Waals surface area contributed by atoms with Crippen molar-refractivity contribution in [2.75, 3.05) is 0 Å². The smallest absolute Gasteiger partial charge is 0.416 e. The number of benzene rings is 1. The molecule has 0 unspecified atom stereocenters. The summed E-state index contributed by atoms with van der Waals surface area (Å²) in [5, 5.41) is 9.54. The quantitative estimate of drug-likeness (QED) is 0.666. The molecule has 1 aliphatic rings. The number of aliphatic imine (C=N–C) groups is 1. The van der Waals surface area contributed by atoms with Gasteiger partial charge in [-0.25, -0.2) is 4.79 Å². The zero-order valence-corrected chi connectivity index (χ0v) is 10.3. The molecule has 1 N–H and O–H groups in total. The van der Waals surface area contributed by atoms with Gasteiger partial charge in [0.1, 0.15) is 11.3 Å². The van der Waals surface area contributed by atoms with Crippen molar-refractivity contribution in [3.63, 3.8) is 0 Å². The third-order valence-corrected chi connectivity index (χ3v) is 3.60. The molecule has 0 aliphatic heterocycles. The molecule has 0 bridgehead atoms. The van der Waals surface area contributed by atoms with Crippen LogP contribution in [0.4, 0.5) is 13.2 Å². The lowest BCUT2D eigenvalue weighted by Gasteiger charge is -2.38. The molecule has 0 radical (unpaired) electrons. The van der Waals surface area contributed by atoms with Gasteiger partial charge in [0.15, 0.2) is 0 Å². The fourth-order valence-corrected chi connectivity index (χ4v) is 2.62. The standard InChI is InChI=1S/C12H9ClF3NO2/c13-8-4-7(12(14,15)16)5-9(19)10(8)11(17-6-18)2-1-3-11/h4-5,19H,1-3H2. The maximum atomic E-state index is 12.6. The molecule has 1 saturated carbocycles. The van der Waals surface area contributed by atoms with Gasteiger partial charge >= 0.3 is 6.18 Å². The van der Waals surface area contributed by atoms with E-state index in [9.17, 15) is 23.1 Å². The van der Waals surface area contributed by atoms with Gasteiger partial charge in [-0.3, -0.25) is 0 Å². The summed E-state index contributed by atoms with van der Waals surface area (Å²) in [6.45, 7) is 0. The number of hydrogen-bond acceptors (Lipinski definition) is 3. The number of nitrogens with zero attached hydrogens (tertiary/aromatic N) is 1. The van der Waals surface area contributed by atoms with Gasteiger partial charge < -0.3 is 5.11 Å². The summed E-state index contributed by atoms with van der Waals surface area (Å²) >= 11 is 5.82.